The van der Waals surface area contributed by atoms with Crippen molar-refractivity contribution in [3.8, 4) is 0 Å². The lowest BCUT2D eigenvalue weighted by Crippen LogP contribution is -2.62. The lowest BCUT2D eigenvalue weighted by molar-refractivity contribution is -0.137. The molecular weight excluding hydrogens is 1620 g/mol. The van der Waals surface area contributed by atoms with Gasteiger partial charge in [0.2, 0.25) is 70.9 Å². The van der Waals surface area contributed by atoms with Gasteiger partial charge in [-0.15, -0.1) is 0 Å². The fourth-order valence-corrected chi connectivity index (χ4v) is 13.7. The molecule has 0 bridgehead atoms. The lowest BCUT2D eigenvalue weighted by atomic mass is 10.00. The number of carbonyl (C=O) groups excluding carboxylic acids is 12. The van der Waals surface area contributed by atoms with Crippen LogP contribution < -0.4 is 137 Å². The molecule has 0 fully saturated rings. The van der Waals surface area contributed by atoms with Gasteiger partial charge in [-0.3, -0.25) is 84.6 Å². The van der Waals surface area contributed by atoms with Crippen LogP contribution in [0.1, 0.15) is 161 Å². The number of carbonyl (C=O) groups is 12. The summed E-state index contributed by atoms with van der Waals surface area (Å²) in [6, 6.07) is -3.20. The maximum Gasteiger partial charge on any atom is 0.245 e. The normalized spacial score (nSPS) is 14.3. The van der Waals surface area contributed by atoms with Gasteiger partial charge in [-0.05, 0) is 171 Å². The van der Waals surface area contributed by atoms with E-state index in [1.807, 2.05) is 0 Å². The molecule has 0 unspecified atom stereocenters. The average molecular weight is 1750 g/mol. The number of hydrogen-bond donors (Lipinski definition) is 33. The van der Waals surface area contributed by atoms with Crippen molar-refractivity contribution in [1.82, 2.24) is 95.0 Å². The fraction of sp³-hybridized carbons (Fsp3) is 0.588. The summed E-state index contributed by atoms with van der Waals surface area (Å²) >= 11 is 0. The monoisotopic (exact) mass is 1750 g/mol. The second-order valence-electron chi connectivity index (χ2n) is 31.7. The van der Waals surface area contributed by atoms with Crippen molar-refractivity contribution in [2.24, 2.45) is 63.4 Å². The van der Waals surface area contributed by atoms with Crippen LogP contribution in [0.5, 0.6) is 0 Å². The molecule has 0 aliphatic carbocycles. The van der Waals surface area contributed by atoms with Crippen molar-refractivity contribution in [3.05, 3.63) is 72.1 Å². The number of hydrogen-bond acceptors (Lipinski definition) is 21. The predicted molar refractivity (Wildman–Crippen MR) is 475 cm³/mol. The number of fused-ring (bicyclic) bond motifs is 2. The van der Waals surface area contributed by atoms with E-state index in [1.165, 1.54) is 6.92 Å². The van der Waals surface area contributed by atoms with Crippen LogP contribution >= 0.6 is 0 Å². The summed E-state index contributed by atoms with van der Waals surface area (Å²) in [7, 11) is 0. The van der Waals surface area contributed by atoms with E-state index in [0.717, 1.165) is 0 Å². The van der Waals surface area contributed by atoms with Gasteiger partial charge in [0.15, 0.2) is 29.8 Å². The number of amides is 12. The maximum atomic E-state index is 15.3. The zero-order valence-corrected chi connectivity index (χ0v) is 72.1. The van der Waals surface area contributed by atoms with Crippen LogP contribution in [-0.4, -0.2) is 240 Å². The van der Waals surface area contributed by atoms with Crippen LogP contribution in [0, 0.1) is 38.9 Å². The zero-order chi connectivity index (χ0) is 92.8. The molecule has 694 valence electrons. The second-order valence-corrected chi connectivity index (χ2v) is 31.7. The quantitative estimate of drug-likeness (QED) is 0.0111. The molecule has 4 rings (SSSR count). The van der Waals surface area contributed by atoms with Crippen molar-refractivity contribution in [1.29, 1.82) is 27.0 Å². The molecule has 2 aromatic carbocycles. The molecule has 45 heteroatoms. The highest BCUT2D eigenvalue weighted by molar-refractivity contribution is 6.01. The van der Waals surface area contributed by atoms with E-state index < -0.39 is 161 Å². The Morgan fingerprint density at radius 1 is 0.336 bits per heavy atom. The molecule has 125 heavy (non-hydrogen) atoms. The van der Waals surface area contributed by atoms with Gasteiger partial charge in [0.1, 0.15) is 66.5 Å². The van der Waals surface area contributed by atoms with Gasteiger partial charge in [-0.2, -0.15) is 0 Å². The number of aliphatic hydroxyl groups is 1. The summed E-state index contributed by atoms with van der Waals surface area (Å²) in [5.41, 5.74) is 53.6. The molecule has 0 radical (unpaired) electrons. The highest BCUT2D eigenvalue weighted by Gasteiger charge is 2.39. The summed E-state index contributed by atoms with van der Waals surface area (Å²) in [5, 5.41) is 94.1. The standard InChI is InChI=1S/C80H136N32O13/c1-43(2)37-59(71(121)102-53(64(84)114)24-10-12-30-81)108-67(117)56(27-16-34-97-78(89)90)106-74(124)62(40-47-42-101-52-23-9-7-20-49(47)52)111-69(119)58(29-18-36-99-80(93)94)107-75(125)63(45(5)113)112-70(120)54(25-11-13-31-82)104-73(123)61(39-46-41-100-51-22-8-6-19-48(46)51)110-68(118)57(28-17-35-98-79(91)92)105-72(122)60(38-44(3)4)109-66(116)55(26-15-33-96-77(87)88)103-65(115)50(83)21-14-32-95-76(85)86/h6-9,19-20,22-23,41-45,50,53-63,100-101,113H,10-18,21,24-40,81-83H2,1-5H3,(H2,84,114)(H,102,121)(H,103,115)(H,104,123)(H,105,122)(H,106,124)(H,107,125)(H,108,117)(H,109,116)(H,110,118)(H,111,119)(H,112,120)(H4,85,86,95)(H4,87,88,96)(H4,89,90,97)(H4,91,92,98)(H4,93,94,99)/t45-,50+,53+,54+,55+,56+,57+,58+,59+,60+,61+,62+,63+/m1/s1. The Morgan fingerprint density at radius 3 is 0.920 bits per heavy atom. The van der Waals surface area contributed by atoms with Gasteiger partial charge in [-0.1, -0.05) is 64.1 Å². The zero-order valence-electron chi connectivity index (χ0n) is 72.1. The first-order valence-electron chi connectivity index (χ1n) is 42.3. The number of nitrogens with two attached hydrogens (primary N) is 9. The third kappa shape index (κ3) is 39.2. The third-order valence-electron chi connectivity index (χ3n) is 20.2. The largest absolute Gasteiger partial charge is 0.391 e. The van der Waals surface area contributed by atoms with Crippen LogP contribution in [0.15, 0.2) is 60.9 Å². The molecule has 0 aliphatic rings. The number of aromatic amines is 2. The molecule has 0 saturated heterocycles. The number of primary amides is 1. The number of nitrogens with one attached hydrogen (secondary N) is 23. The highest BCUT2D eigenvalue weighted by atomic mass is 16.3. The molecule has 0 aliphatic heterocycles. The van der Waals surface area contributed by atoms with Crippen LogP contribution in [0.3, 0.4) is 0 Å². The third-order valence-corrected chi connectivity index (χ3v) is 20.2. The van der Waals surface area contributed by atoms with Crippen LogP contribution in [0.2, 0.25) is 0 Å². The van der Waals surface area contributed by atoms with E-state index in [4.69, 9.17) is 78.6 Å². The molecule has 2 aromatic heterocycles. The Balaban J connectivity index is 1.76. The molecule has 42 N–H and O–H groups in total. The number of H-pyrrole nitrogens is 2. The summed E-state index contributed by atoms with van der Waals surface area (Å²) in [6.07, 6.45) is 2.85. The van der Waals surface area contributed by atoms with Crippen molar-refractivity contribution in [2.75, 3.05) is 45.8 Å². The molecule has 0 saturated carbocycles. The predicted octanol–water partition coefficient (Wildman–Crippen LogP) is -5.37. The number of unbranched alkanes of at least 4 members (excludes halogenated alkanes) is 2. The minimum atomic E-state index is -1.91. The van der Waals surface area contributed by atoms with E-state index >= 15 is 24.0 Å². The molecule has 4 aromatic rings. The number of benzene rings is 2. The van der Waals surface area contributed by atoms with Crippen molar-refractivity contribution >= 4 is 122 Å². The fourth-order valence-electron chi connectivity index (χ4n) is 13.7. The first-order chi connectivity index (χ1) is 59.3. The van der Waals surface area contributed by atoms with Gasteiger partial charge in [0, 0.05) is 79.8 Å². The van der Waals surface area contributed by atoms with E-state index in [2.05, 4.69) is 95.0 Å². The van der Waals surface area contributed by atoms with E-state index in [0.29, 0.717) is 65.2 Å². The smallest absolute Gasteiger partial charge is 0.245 e. The Morgan fingerprint density at radius 2 is 0.600 bits per heavy atom. The number of aromatic nitrogens is 2. The van der Waals surface area contributed by atoms with E-state index in [-0.39, 0.29) is 172 Å². The molecule has 45 nitrogen and oxygen atoms in total. The number of para-hydroxylation sites is 2. The summed E-state index contributed by atoms with van der Waals surface area (Å²) in [5.74, 6) is -13.0. The first kappa shape index (κ1) is 105. The molecule has 12 amide bonds. The van der Waals surface area contributed by atoms with Crippen LogP contribution in [0.4, 0.5) is 0 Å². The Hall–Kier alpha value is -12.6. The minimum absolute atomic E-state index is 0.00383. The summed E-state index contributed by atoms with van der Waals surface area (Å²) in [6.45, 7) is 9.21. The number of rotatable bonds is 60. The second kappa shape index (κ2) is 55.5. The number of aliphatic hydroxyl groups excluding tert-OH is 1. The molecule has 2 heterocycles. The number of guanidine groups is 5. The van der Waals surface area contributed by atoms with Gasteiger partial charge in [-0.25, -0.2) is 0 Å². The van der Waals surface area contributed by atoms with Gasteiger partial charge in [0.05, 0.1) is 12.1 Å². The summed E-state index contributed by atoms with van der Waals surface area (Å²) < 4.78 is 0. The Labute approximate surface area is 727 Å². The van der Waals surface area contributed by atoms with Crippen molar-refractivity contribution in [2.45, 2.75) is 242 Å². The Kier molecular flexibility index (Phi) is 46.5. The van der Waals surface area contributed by atoms with Crippen molar-refractivity contribution in [3.63, 3.8) is 0 Å². The highest BCUT2D eigenvalue weighted by Crippen LogP contribution is 2.23. The maximum absolute atomic E-state index is 15.3. The molecule has 0 spiro atoms. The van der Waals surface area contributed by atoms with E-state index in [1.54, 1.807) is 88.6 Å². The minimum Gasteiger partial charge on any atom is -0.391 e. The molecule has 13 atom stereocenters. The van der Waals surface area contributed by atoms with Crippen LogP contribution in [0.25, 0.3) is 21.8 Å². The summed E-state index contributed by atoms with van der Waals surface area (Å²) in [4.78, 5) is 181. The first-order valence-corrected chi connectivity index (χ1v) is 42.3. The topological polar surface area (TPSA) is 803 Å². The Bertz CT molecular complexity index is 4230. The SMILES string of the molecule is CC(C)C[C@H](NC(=O)[C@H](CCCNC(=N)N)NC(=O)[C@H](Cc1c[nH]c2ccccc12)NC(=O)[C@H](CCCNC(=N)N)NC(=O)[C@@H](NC(=O)[C@H](CCCCN)NC(=O)[C@H](Cc1c[nH]c2ccccc12)NC(=O)[C@H](CCCNC(=N)N)NC(=O)[C@H](CC(C)C)NC(=O)[C@H](CCCNC(=N)N)NC(=O)[C@@H](N)CCCNC(=N)N)[C@@H](C)O)C(=O)N[C@@H](CCCCN)C(N)=O. The van der Waals surface area contributed by atoms with E-state index in [9.17, 15) is 38.7 Å². The molecular formula is C80H136N32O13. The van der Waals surface area contributed by atoms with Gasteiger partial charge < -0.3 is 152 Å². The van der Waals surface area contributed by atoms with Gasteiger partial charge in [0.25, 0.3) is 0 Å². The lowest BCUT2D eigenvalue weighted by Gasteiger charge is -2.29. The van der Waals surface area contributed by atoms with Crippen LogP contribution in [-0.2, 0) is 70.4 Å². The average Bonchev–Trinajstić information content (AvgIpc) is 1.76. The van der Waals surface area contributed by atoms with Crippen molar-refractivity contribution < 1.29 is 62.6 Å². The van der Waals surface area contributed by atoms with Gasteiger partial charge >= 0.3 is 0 Å².